The summed E-state index contributed by atoms with van der Waals surface area (Å²) < 4.78 is 0.898. The molecule has 0 N–H and O–H groups in total. The van der Waals surface area contributed by atoms with Crippen molar-refractivity contribution in [3.63, 3.8) is 0 Å². The Bertz CT molecular complexity index is 413. The monoisotopic (exact) mass is 283 g/mol. The van der Waals surface area contributed by atoms with Gasteiger partial charge in [0.1, 0.15) is 0 Å². The van der Waals surface area contributed by atoms with Gasteiger partial charge in [0.15, 0.2) is 0 Å². The lowest BCUT2D eigenvalue weighted by atomic mass is 10.3. The number of halogens is 1. The third kappa shape index (κ3) is 2.76. The summed E-state index contributed by atoms with van der Waals surface area (Å²) in [7, 11) is 1.99. The van der Waals surface area contributed by atoms with E-state index in [2.05, 4.69) is 42.7 Å². The Morgan fingerprint density at radius 1 is 1.40 bits per heavy atom. The summed E-state index contributed by atoms with van der Waals surface area (Å²) in [6, 6.07) is 2.11. The number of hydrogen-bond acceptors (Lipinski definition) is 4. The SMILES string of the molecule is CN(Cc1ccsc1)c1ncc(Br)cn1. The fourth-order valence-electron chi connectivity index (χ4n) is 1.23. The van der Waals surface area contributed by atoms with Gasteiger partial charge in [-0.25, -0.2) is 9.97 Å². The molecule has 2 rings (SSSR count). The Hall–Kier alpha value is -0.940. The first-order valence-electron chi connectivity index (χ1n) is 4.45. The number of nitrogens with zero attached hydrogens (tertiary/aromatic N) is 3. The van der Waals surface area contributed by atoms with E-state index in [1.165, 1.54) is 5.56 Å². The second kappa shape index (κ2) is 4.72. The highest BCUT2D eigenvalue weighted by Gasteiger charge is 2.04. The predicted molar refractivity (Wildman–Crippen MR) is 66.2 cm³/mol. The van der Waals surface area contributed by atoms with E-state index in [1.54, 1.807) is 23.7 Å². The molecule has 0 fully saturated rings. The van der Waals surface area contributed by atoms with Gasteiger partial charge in [-0.3, -0.25) is 0 Å². The molecule has 0 saturated heterocycles. The lowest BCUT2D eigenvalue weighted by Gasteiger charge is -2.15. The average Bonchev–Trinajstić information content (AvgIpc) is 2.71. The molecule has 0 atom stereocenters. The van der Waals surface area contributed by atoms with Crippen molar-refractivity contribution in [2.24, 2.45) is 0 Å². The van der Waals surface area contributed by atoms with Crippen molar-refractivity contribution in [3.8, 4) is 0 Å². The molecule has 0 aliphatic heterocycles. The van der Waals surface area contributed by atoms with Crippen LogP contribution in [0.3, 0.4) is 0 Å². The standard InChI is InChI=1S/C10H10BrN3S/c1-14(6-8-2-3-15-7-8)10-12-4-9(11)5-13-10/h2-5,7H,6H2,1H3. The molecule has 2 aromatic rings. The molecule has 0 bridgehead atoms. The van der Waals surface area contributed by atoms with E-state index in [0.29, 0.717) is 0 Å². The molecule has 3 nitrogen and oxygen atoms in total. The quantitative estimate of drug-likeness (QED) is 0.867. The Labute approximate surface area is 101 Å². The van der Waals surface area contributed by atoms with Crippen LogP contribution in [-0.4, -0.2) is 17.0 Å². The minimum atomic E-state index is 0.740. The Kier molecular flexibility index (Phi) is 3.33. The van der Waals surface area contributed by atoms with Crippen molar-refractivity contribution in [2.75, 3.05) is 11.9 Å². The Morgan fingerprint density at radius 2 is 2.13 bits per heavy atom. The lowest BCUT2D eigenvalue weighted by molar-refractivity contribution is 0.868. The third-order valence-electron chi connectivity index (χ3n) is 1.95. The van der Waals surface area contributed by atoms with Crippen LogP contribution in [0, 0.1) is 0 Å². The van der Waals surface area contributed by atoms with Crippen LogP contribution in [-0.2, 0) is 6.54 Å². The van der Waals surface area contributed by atoms with Crippen LogP contribution >= 0.6 is 27.3 Å². The van der Waals surface area contributed by atoms with E-state index in [-0.39, 0.29) is 0 Å². The van der Waals surface area contributed by atoms with Crippen LogP contribution in [0.4, 0.5) is 5.95 Å². The van der Waals surface area contributed by atoms with Crippen LogP contribution in [0.1, 0.15) is 5.56 Å². The lowest BCUT2D eigenvalue weighted by Crippen LogP contribution is -2.18. The molecular formula is C10H10BrN3S. The molecule has 15 heavy (non-hydrogen) atoms. The van der Waals surface area contributed by atoms with Crippen LogP contribution in [0.2, 0.25) is 0 Å². The zero-order valence-electron chi connectivity index (χ0n) is 8.22. The largest absolute Gasteiger partial charge is 0.340 e. The molecule has 0 radical (unpaired) electrons. The molecule has 0 saturated carbocycles. The van der Waals surface area contributed by atoms with Gasteiger partial charge < -0.3 is 4.90 Å². The maximum absolute atomic E-state index is 4.23. The molecule has 0 unspecified atom stereocenters. The van der Waals surface area contributed by atoms with E-state index < -0.39 is 0 Å². The topological polar surface area (TPSA) is 29.0 Å². The molecule has 0 spiro atoms. The summed E-state index contributed by atoms with van der Waals surface area (Å²) in [5, 5.41) is 4.21. The second-order valence-electron chi connectivity index (χ2n) is 3.19. The van der Waals surface area contributed by atoms with E-state index in [1.807, 2.05) is 11.9 Å². The highest BCUT2D eigenvalue weighted by Crippen LogP contribution is 2.13. The van der Waals surface area contributed by atoms with Crippen molar-refractivity contribution in [1.82, 2.24) is 9.97 Å². The van der Waals surface area contributed by atoms with Gasteiger partial charge in [-0.2, -0.15) is 11.3 Å². The Balaban J connectivity index is 2.08. The number of rotatable bonds is 3. The van der Waals surface area contributed by atoms with Crippen LogP contribution in [0.5, 0.6) is 0 Å². The fourth-order valence-corrected chi connectivity index (χ4v) is 2.09. The number of hydrogen-bond donors (Lipinski definition) is 0. The molecule has 5 heteroatoms. The zero-order chi connectivity index (χ0) is 10.7. The first-order valence-corrected chi connectivity index (χ1v) is 6.19. The van der Waals surface area contributed by atoms with Crippen molar-refractivity contribution in [3.05, 3.63) is 39.3 Å². The summed E-state index contributed by atoms with van der Waals surface area (Å²) >= 11 is 5.02. The van der Waals surface area contributed by atoms with Crippen molar-refractivity contribution in [1.29, 1.82) is 0 Å². The smallest absolute Gasteiger partial charge is 0.225 e. The second-order valence-corrected chi connectivity index (χ2v) is 4.88. The fraction of sp³-hybridized carbons (Fsp3) is 0.200. The van der Waals surface area contributed by atoms with E-state index in [4.69, 9.17) is 0 Å². The third-order valence-corrected chi connectivity index (χ3v) is 3.09. The van der Waals surface area contributed by atoms with Crippen molar-refractivity contribution < 1.29 is 0 Å². The molecule has 2 aromatic heterocycles. The highest BCUT2D eigenvalue weighted by molar-refractivity contribution is 9.10. The van der Waals surface area contributed by atoms with Gasteiger partial charge in [-0.15, -0.1) is 0 Å². The minimum absolute atomic E-state index is 0.740. The van der Waals surface area contributed by atoms with Gasteiger partial charge in [0.2, 0.25) is 5.95 Å². The maximum atomic E-state index is 4.23. The summed E-state index contributed by atoms with van der Waals surface area (Å²) in [4.78, 5) is 10.5. The van der Waals surface area contributed by atoms with Gasteiger partial charge in [0, 0.05) is 26.0 Å². The van der Waals surface area contributed by atoms with Crippen LogP contribution < -0.4 is 4.90 Å². The zero-order valence-corrected chi connectivity index (χ0v) is 10.6. The molecule has 0 amide bonds. The molecule has 0 aliphatic rings. The summed E-state index contributed by atoms with van der Waals surface area (Å²) in [6.07, 6.45) is 3.51. The van der Waals surface area contributed by atoms with Gasteiger partial charge in [-0.05, 0) is 38.3 Å². The van der Waals surface area contributed by atoms with Gasteiger partial charge >= 0.3 is 0 Å². The Morgan fingerprint density at radius 3 is 2.73 bits per heavy atom. The maximum Gasteiger partial charge on any atom is 0.225 e. The average molecular weight is 284 g/mol. The summed E-state index contributed by atoms with van der Waals surface area (Å²) in [5.41, 5.74) is 1.29. The summed E-state index contributed by atoms with van der Waals surface area (Å²) in [6.45, 7) is 0.838. The van der Waals surface area contributed by atoms with Crippen LogP contribution in [0.25, 0.3) is 0 Å². The van der Waals surface area contributed by atoms with E-state index >= 15 is 0 Å². The van der Waals surface area contributed by atoms with E-state index in [0.717, 1.165) is 17.0 Å². The first kappa shape index (κ1) is 10.6. The van der Waals surface area contributed by atoms with Gasteiger partial charge in [0.05, 0.1) is 4.47 Å². The highest BCUT2D eigenvalue weighted by atomic mass is 79.9. The molecular weight excluding hydrogens is 274 g/mol. The number of anilines is 1. The van der Waals surface area contributed by atoms with Crippen LogP contribution in [0.15, 0.2) is 33.7 Å². The predicted octanol–water partition coefficient (Wildman–Crippen LogP) is 2.94. The van der Waals surface area contributed by atoms with Gasteiger partial charge in [-0.1, -0.05) is 0 Å². The van der Waals surface area contributed by atoms with E-state index in [9.17, 15) is 0 Å². The summed E-state index contributed by atoms with van der Waals surface area (Å²) in [5.74, 6) is 0.740. The van der Waals surface area contributed by atoms with Crippen molar-refractivity contribution >= 4 is 33.2 Å². The molecule has 78 valence electrons. The van der Waals surface area contributed by atoms with Crippen molar-refractivity contribution in [2.45, 2.75) is 6.54 Å². The molecule has 0 aromatic carbocycles. The van der Waals surface area contributed by atoms with Gasteiger partial charge in [0.25, 0.3) is 0 Å². The number of aromatic nitrogens is 2. The normalized spacial score (nSPS) is 10.3. The minimum Gasteiger partial charge on any atom is -0.340 e. The number of thiophene rings is 1. The first-order chi connectivity index (χ1) is 7.25. The molecule has 0 aliphatic carbocycles. The molecule has 2 heterocycles.